The van der Waals surface area contributed by atoms with E-state index < -0.39 is 14.9 Å². The minimum absolute atomic E-state index is 0.117. The van der Waals surface area contributed by atoms with E-state index in [1.54, 1.807) is 4.90 Å². The van der Waals surface area contributed by atoms with Gasteiger partial charge in [0, 0.05) is 50.6 Å². The number of amides is 1. The lowest BCUT2D eigenvalue weighted by Gasteiger charge is -2.33. The zero-order valence-electron chi connectivity index (χ0n) is 15.7. The molecule has 1 aromatic carbocycles. The van der Waals surface area contributed by atoms with E-state index in [1.165, 1.54) is 22.5 Å². The fourth-order valence-corrected chi connectivity index (χ4v) is 5.19. The van der Waals surface area contributed by atoms with E-state index in [2.05, 4.69) is 5.10 Å². The van der Waals surface area contributed by atoms with Crippen LogP contribution in [0.1, 0.15) is 29.0 Å². The quantitative estimate of drug-likeness (QED) is 0.544. The number of nitro benzene ring substituents is 1. The summed E-state index contributed by atoms with van der Waals surface area (Å²) >= 11 is 0. The Kier molecular flexibility index (Phi) is 5.09. The van der Waals surface area contributed by atoms with E-state index in [4.69, 9.17) is 0 Å². The summed E-state index contributed by atoms with van der Waals surface area (Å²) in [6.07, 6.45) is 3.06. The van der Waals surface area contributed by atoms with Crippen LogP contribution in [0.15, 0.2) is 35.2 Å². The van der Waals surface area contributed by atoms with Crippen LogP contribution in [-0.4, -0.2) is 64.4 Å². The van der Waals surface area contributed by atoms with Crippen LogP contribution in [0.4, 0.5) is 5.69 Å². The van der Waals surface area contributed by atoms with Crippen molar-refractivity contribution in [3.63, 3.8) is 0 Å². The maximum atomic E-state index is 12.8. The molecule has 4 rings (SSSR count). The van der Waals surface area contributed by atoms with Crippen molar-refractivity contribution in [3.8, 4) is 0 Å². The highest BCUT2D eigenvalue weighted by atomic mass is 32.2. The number of hydrogen-bond donors (Lipinski definition) is 0. The Bertz CT molecular complexity index is 1030. The van der Waals surface area contributed by atoms with Crippen molar-refractivity contribution < 1.29 is 18.1 Å². The summed E-state index contributed by atoms with van der Waals surface area (Å²) in [5.74, 6) is -0.195. The second-order valence-electron chi connectivity index (χ2n) is 7.15. The van der Waals surface area contributed by atoms with Gasteiger partial charge in [0.2, 0.25) is 10.0 Å². The minimum atomic E-state index is -3.86. The highest BCUT2D eigenvalue weighted by molar-refractivity contribution is 7.89. The van der Waals surface area contributed by atoms with E-state index in [9.17, 15) is 23.3 Å². The van der Waals surface area contributed by atoms with Gasteiger partial charge in [-0.15, -0.1) is 0 Å². The van der Waals surface area contributed by atoms with Crippen LogP contribution in [0.3, 0.4) is 0 Å². The molecule has 0 N–H and O–H groups in total. The maximum Gasteiger partial charge on any atom is 0.274 e. The van der Waals surface area contributed by atoms with Crippen LogP contribution in [0, 0.1) is 10.1 Å². The summed E-state index contributed by atoms with van der Waals surface area (Å²) < 4.78 is 28.8. The Balaban J connectivity index is 1.45. The van der Waals surface area contributed by atoms with Crippen molar-refractivity contribution in [2.45, 2.75) is 30.7 Å². The predicted molar refractivity (Wildman–Crippen MR) is 103 cm³/mol. The van der Waals surface area contributed by atoms with Crippen LogP contribution in [0.25, 0.3) is 0 Å². The molecular weight excluding hydrogens is 398 g/mol. The second kappa shape index (κ2) is 7.56. The van der Waals surface area contributed by atoms with Gasteiger partial charge in [0.05, 0.1) is 9.82 Å². The average molecular weight is 419 g/mol. The maximum absolute atomic E-state index is 12.8. The van der Waals surface area contributed by atoms with Crippen LogP contribution in [0.5, 0.6) is 0 Å². The average Bonchev–Trinajstić information content (AvgIpc) is 3.17. The number of non-ortho nitro benzene ring substituents is 1. The van der Waals surface area contributed by atoms with Crippen LogP contribution < -0.4 is 0 Å². The summed E-state index contributed by atoms with van der Waals surface area (Å²) in [5, 5.41) is 15.3. The first-order valence-electron chi connectivity index (χ1n) is 9.47. The van der Waals surface area contributed by atoms with Gasteiger partial charge >= 0.3 is 0 Å². The fourth-order valence-electron chi connectivity index (χ4n) is 3.72. The highest BCUT2D eigenvalue weighted by Gasteiger charge is 2.32. The number of rotatable bonds is 4. The van der Waals surface area contributed by atoms with E-state index in [1.807, 2.05) is 10.7 Å². The highest BCUT2D eigenvalue weighted by Crippen LogP contribution is 2.23. The van der Waals surface area contributed by atoms with Crippen LogP contribution in [-0.2, 0) is 23.0 Å². The van der Waals surface area contributed by atoms with Gasteiger partial charge in [-0.1, -0.05) is 6.07 Å². The molecule has 1 saturated heterocycles. The van der Waals surface area contributed by atoms with Gasteiger partial charge < -0.3 is 4.90 Å². The number of benzene rings is 1. The lowest BCUT2D eigenvalue weighted by molar-refractivity contribution is -0.385. The first-order chi connectivity index (χ1) is 13.9. The second-order valence-corrected chi connectivity index (χ2v) is 9.09. The van der Waals surface area contributed by atoms with Crippen molar-refractivity contribution in [1.82, 2.24) is 19.0 Å². The number of piperazine rings is 1. The monoisotopic (exact) mass is 419 g/mol. The molecule has 0 aliphatic carbocycles. The van der Waals surface area contributed by atoms with Crippen LogP contribution >= 0.6 is 0 Å². The molecule has 0 saturated carbocycles. The molecule has 29 heavy (non-hydrogen) atoms. The third-order valence-corrected chi connectivity index (χ3v) is 7.22. The predicted octanol–water partition coefficient (Wildman–Crippen LogP) is 1.27. The number of carbonyl (C=O) groups excluding carboxylic acids is 1. The number of nitro groups is 1. The zero-order valence-corrected chi connectivity index (χ0v) is 16.5. The van der Waals surface area contributed by atoms with Crippen LogP contribution in [0.2, 0.25) is 0 Å². The van der Waals surface area contributed by atoms with E-state index >= 15 is 0 Å². The molecule has 11 heteroatoms. The van der Waals surface area contributed by atoms with Gasteiger partial charge in [-0.25, -0.2) is 8.42 Å². The van der Waals surface area contributed by atoms with Gasteiger partial charge in [-0.2, -0.15) is 9.40 Å². The van der Waals surface area contributed by atoms with Crippen molar-refractivity contribution in [2.75, 3.05) is 26.2 Å². The molecule has 0 radical (unpaired) electrons. The molecule has 0 unspecified atom stereocenters. The SMILES string of the molecule is O=C(c1cc2n(n1)CCCC2)N1CCN(S(=O)(=O)c2cccc([N+](=O)[O-])c2)CC1. The number of sulfonamides is 1. The van der Waals surface area contributed by atoms with Gasteiger partial charge in [0.25, 0.3) is 11.6 Å². The number of fused-ring (bicyclic) bond motifs is 1. The van der Waals surface area contributed by atoms with Crippen molar-refractivity contribution in [3.05, 3.63) is 51.8 Å². The first-order valence-corrected chi connectivity index (χ1v) is 10.9. The van der Waals surface area contributed by atoms with Gasteiger partial charge in [0.1, 0.15) is 0 Å². The topological polar surface area (TPSA) is 119 Å². The number of carbonyl (C=O) groups is 1. The smallest absolute Gasteiger partial charge is 0.274 e. The molecule has 154 valence electrons. The molecule has 1 fully saturated rings. The summed E-state index contributed by atoms with van der Waals surface area (Å²) in [7, 11) is -3.86. The van der Waals surface area contributed by atoms with Crippen molar-refractivity contribution in [2.24, 2.45) is 0 Å². The Morgan fingerprint density at radius 1 is 1.07 bits per heavy atom. The molecule has 0 spiro atoms. The summed E-state index contributed by atoms with van der Waals surface area (Å²) in [6, 6.07) is 6.83. The van der Waals surface area contributed by atoms with Crippen molar-refractivity contribution in [1.29, 1.82) is 0 Å². The molecule has 2 aromatic rings. The van der Waals surface area contributed by atoms with E-state index in [0.717, 1.165) is 37.6 Å². The fraction of sp³-hybridized carbons (Fsp3) is 0.444. The van der Waals surface area contributed by atoms with E-state index in [0.29, 0.717) is 5.69 Å². The normalized spacial score (nSPS) is 17.7. The lowest BCUT2D eigenvalue weighted by atomic mass is 10.1. The third-order valence-electron chi connectivity index (χ3n) is 5.33. The molecule has 0 atom stereocenters. The molecule has 10 nitrogen and oxygen atoms in total. The van der Waals surface area contributed by atoms with E-state index in [-0.39, 0.29) is 42.7 Å². The Labute approximate surface area is 167 Å². The molecule has 0 bridgehead atoms. The number of hydrogen-bond acceptors (Lipinski definition) is 6. The number of aryl methyl sites for hydroxylation is 2. The molecule has 1 aromatic heterocycles. The van der Waals surface area contributed by atoms with Gasteiger partial charge in [0.15, 0.2) is 5.69 Å². The minimum Gasteiger partial charge on any atom is -0.335 e. The third kappa shape index (κ3) is 3.75. The molecule has 2 aliphatic rings. The first kappa shape index (κ1) is 19.5. The molecule has 2 aliphatic heterocycles. The molecule has 1 amide bonds. The Morgan fingerprint density at radius 2 is 1.83 bits per heavy atom. The molecular formula is C18H21N5O5S. The number of aromatic nitrogens is 2. The standard InChI is InChI=1S/C18H21N5O5S/c24-18(17-13-14-4-1-2-7-22(14)19-17)20-8-10-21(11-9-20)29(27,28)16-6-3-5-15(12-16)23(25)26/h3,5-6,12-13H,1-2,4,7-11H2. The Hall–Kier alpha value is -2.79. The summed E-state index contributed by atoms with van der Waals surface area (Å²) in [6.45, 7) is 1.57. The largest absolute Gasteiger partial charge is 0.335 e. The Morgan fingerprint density at radius 3 is 2.52 bits per heavy atom. The van der Waals surface area contributed by atoms with Crippen molar-refractivity contribution >= 4 is 21.6 Å². The van der Waals surface area contributed by atoms with Gasteiger partial charge in [-0.3, -0.25) is 19.6 Å². The summed E-state index contributed by atoms with van der Waals surface area (Å²) in [4.78, 5) is 24.6. The zero-order chi connectivity index (χ0) is 20.6. The summed E-state index contributed by atoms with van der Waals surface area (Å²) in [5.41, 5.74) is 1.19. The lowest BCUT2D eigenvalue weighted by Crippen LogP contribution is -2.50. The number of nitrogens with zero attached hydrogens (tertiary/aromatic N) is 5. The molecule has 3 heterocycles. The van der Waals surface area contributed by atoms with Gasteiger partial charge in [-0.05, 0) is 31.4 Å².